The van der Waals surface area contributed by atoms with Crippen LogP contribution >= 0.6 is 11.6 Å². The van der Waals surface area contributed by atoms with Gasteiger partial charge in [0, 0.05) is 18.1 Å². The number of amides is 2. The average Bonchev–Trinajstić information content (AvgIpc) is 2.86. The highest BCUT2D eigenvalue weighted by atomic mass is 35.5. The Morgan fingerprint density at radius 2 is 1.78 bits per heavy atom. The molecule has 1 aliphatic rings. The lowest BCUT2D eigenvalue weighted by Crippen LogP contribution is -2.55. The van der Waals surface area contributed by atoms with Gasteiger partial charge >= 0.3 is 5.97 Å². The summed E-state index contributed by atoms with van der Waals surface area (Å²) in [6.45, 7) is 1.10. The molecule has 0 aliphatic carbocycles. The molecule has 1 saturated heterocycles. The fourth-order valence-electron chi connectivity index (χ4n) is 4.36. The lowest BCUT2D eigenvalue weighted by molar-refractivity contribution is -0.172. The molecule has 1 fully saturated rings. The molecule has 4 rings (SSSR count). The van der Waals surface area contributed by atoms with Crippen molar-refractivity contribution in [2.45, 2.75) is 32.2 Å². The van der Waals surface area contributed by atoms with Crippen molar-refractivity contribution >= 4 is 29.4 Å². The van der Waals surface area contributed by atoms with Gasteiger partial charge in [-0.2, -0.15) is 0 Å². The first-order chi connectivity index (χ1) is 17.7. The van der Waals surface area contributed by atoms with Gasteiger partial charge in [-0.05, 0) is 47.9 Å². The van der Waals surface area contributed by atoms with Crippen LogP contribution in [-0.4, -0.2) is 51.9 Å². The third-order valence-corrected chi connectivity index (χ3v) is 6.41. The summed E-state index contributed by atoms with van der Waals surface area (Å²) < 4.78 is 19.7. The summed E-state index contributed by atoms with van der Waals surface area (Å²) in [5.41, 5.74) is 2.91. The van der Waals surface area contributed by atoms with Crippen molar-refractivity contribution in [3.63, 3.8) is 0 Å². The Morgan fingerprint density at radius 3 is 2.43 bits per heavy atom. The van der Waals surface area contributed by atoms with E-state index in [-0.39, 0.29) is 25.6 Å². The summed E-state index contributed by atoms with van der Waals surface area (Å²) in [4.78, 5) is 41.2. The van der Waals surface area contributed by atoms with Crippen molar-refractivity contribution in [1.29, 1.82) is 0 Å². The van der Waals surface area contributed by atoms with Crippen molar-refractivity contribution in [2.24, 2.45) is 0 Å². The van der Waals surface area contributed by atoms with Crippen LogP contribution in [0.25, 0.3) is 0 Å². The zero-order chi connectivity index (χ0) is 26.5. The summed E-state index contributed by atoms with van der Waals surface area (Å²) in [5.74, 6) is -2.57. The zero-order valence-electron chi connectivity index (χ0n) is 20.1. The monoisotopic (exact) mass is 524 g/mol. The van der Waals surface area contributed by atoms with E-state index in [2.05, 4.69) is 0 Å². The maximum absolute atomic E-state index is 13.9. The van der Waals surface area contributed by atoms with Gasteiger partial charge in [0.1, 0.15) is 19.0 Å². The number of benzene rings is 3. The van der Waals surface area contributed by atoms with E-state index in [0.717, 1.165) is 11.1 Å². The van der Waals surface area contributed by atoms with Gasteiger partial charge in [0.25, 0.3) is 5.91 Å². The van der Waals surface area contributed by atoms with Crippen LogP contribution in [-0.2, 0) is 32.2 Å². The van der Waals surface area contributed by atoms with Crippen molar-refractivity contribution in [3.05, 3.63) is 106 Å². The molecule has 7 nitrogen and oxygen atoms in total. The quantitative estimate of drug-likeness (QED) is 0.473. The van der Waals surface area contributed by atoms with E-state index in [1.54, 1.807) is 36.4 Å². The number of carboxylic acid groups (broad SMARTS) is 1. The molecule has 3 aromatic carbocycles. The second-order valence-corrected chi connectivity index (χ2v) is 9.39. The smallest absolute Gasteiger partial charge is 0.323 e. The van der Waals surface area contributed by atoms with Gasteiger partial charge in [0.15, 0.2) is 6.10 Å². The lowest BCUT2D eigenvalue weighted by Gasteiger charge is -2.42. The standard InChI is InChI=1S/C28H26ClFN2O5/c1-18-5-7-19(8-6-18)14-31(16-25(34)35)28(36)27-26(21-9-11-22(29)12-10-21)32(24(33)17-37-27)15-20-3-2-4-23(30)13-20/h2-13,26-27H,14-17H2,1H3,(H,34,35)/t26-,27+/m1/s1. The van der Waals surface area contributed by atoms with E-state index in [0.29, 0.717) is 16.1 Å². The molecule has 0 saturated carbocycles. The van der Waals surface area contributed by atoms with Gasteiger partial charge in [-0.25, -0.2) is 4.39 Å². The number of aliphatic carboxylic acids is 1. The summed E-state index contributed by atoms with van der Waals surface area (Å²) in [6, 6.07) is 19.1. The molecule has 1 N–H and O–H groups in total. The minimum atomic E-state index is -1.18. The summed E-state index contributed by atoms with van der Waals surface area (Å²) in [7, 11) is 0. The number of hydrogen-bond donors (Lipinski definition) is 1. The average molecular weight is 525 g/mol. The Labute approximate surface area is 219 Å². The fraction of sp³-hybridized carbons (Fsp3) is 0.250. The molecule has 192 valence electrons. The minimum Gasteiger partial charge on any atom is -0.480 e. The van der Waals surface area contributed by atoms with E-state index >= 15 is 0 Å². The van der Waals surface area contributed by atoms with Gasteiger partial charge in [-0.15, -0.1) is 0 Å². The van der Waals surface area contributed by atoms with Crippen LogP contribution in [0.15, 0.2) is 72.8 Å². The van der Waals surface area contributed by atoms with E-state index < -0.39 is 36.4 Å². The molecule has 2 atom stereocenters. The maximum Gasteiger partial charge on any atom is 0.323 e. The highest BCUT2D eigenvalue weighted by Gasteiger charge is 2.43. The number of carbonyl (C=O) groups is 3. The van der Waals surface area contributed by atoms with Crippen LogP contribution in [0.5, 0.6) is 0 Å². The molecular formula is C28H26ClFN2O5. The zero-order valence-corrected chi connectivity index (χ0v) is 20.9. The first kappa shape index (κ1) is 26.3. The predicted molar refractivity (Wildman–Crippen MR) is 135 cm³/mol. The van der Waals surface area contributed by atoms with Crippen LogP contribution in [0.3, 0.4) is 0 Å². The Kier molecular flexibility index (Phi) is 8.21. The SMILES string of the molecule is Cc1ccc(CN(CC(=O)O)C(=O)[C@H]2OCC(=O)N(Cc3cccc(F)c3)[C@@H]2c2ccc(Cl)cc2)cc1. The van der Waals surface area contributed by atoms with Gasteiger partial charge in [0.05, 0.1) is 6.04 Å². The summed E-state index contributed by atoms with van der Waals surface area (Å²) in [6.07, 6.45) is -1.18. The molecule has 1 aliphatic heterocycles. The molecule has 1 heterocycles. The number of ether oxygens (including phenoxy) is 1. The highest BCUT2D eigenvalue weighted by molar-refractivity contribution is 6.30. The number of aryl methyl sites for hydroxylation is 1. The highest BCUT2D eigenvalue weighted by Crippen LogP contribution is 2.34. The van der Waals surface area contributed by atoms with Crippen molar-refractivity contribution in [2.75, 3.05) is 13.2 Å². The van der Waals surface area contributed by atoms with Gasteiger partial charge in [0.2, 0.25) is 5.91 Å². The van der Waals surface area contributed by atoms with E-state index in [1.165, 1.54) is 21.9 Å². The third kappa shape index (κ3) is 6.53. The van der Waals surface area contributed by atoms with Gasteiger partial charge < -0.3 is 19.6 Å². The maximum atomic E-state index is 13.9. The molecule has 3 aromatic rings. The van der Waals surface area contributed by atoms with Crippen LogP contribution in [0.4, 0.5) is 4.39 Å². The number of rotatable bonds is 8. The number of morpholine rings is 1. The molecular weight excluding hydrogens is 499 g/mol. The van der Waals surface area contributed by atoms with Crippen molar-refractivity contribution < 1.29 is 28.6 Å². The van der Waals surface area contributed by atoms with Crippen molar-refractivity contribution in [1.82, 2.24) is 9.80 Å². The normalized spacial score (nSPS) is 17.5. The molecule has 0 unspecified atom stereocenters. The fourth-order valence-corrected chi connectivity index (χ4v) is 4.49. The van der Waals surface area contributed by atoms with Gasteiger partial charge in [-0.3, -0.25) is 14.4 Å². The Hall–Kier alpha value is -3.75. The van der Waals surface area contributed by atoms with E-state index in [4.69, 9.17) is 16.3 Å². The summed E-state index contributed by atoms with van der Waals surface area (Å²) in [5, 5.41) is 10.0. The first-order valence-electron chi connectivity index (χ1n) is 11.7. The first-order valence-corrected chi connectivity index (χ1v) is 12.1. The number of carbonyl (C=O) groups excluding carboxylic acids is 2. The largest absolute Gasteiger partial charge is 0.480 e. The second-order valence-electron chi connectivity index (χ2n) is 8.95. The van der Waals surface area contributed by atoms with Crippen LogP contribution in [0.1, 0.15) is 28.3 Å². The summed E-state index contributed by atoms with van der Waals surface area (Å²) >= 11 is 6.08. The van der Waals surface area contributed by atoms with Crippen LogP contribution in [0.2, 0.25) is 5.02 Å². The molecule has 0 aromatic heterocycles. The Morgan fingerprint density at radius 1 is 1.08 bits per heavy atom. The van der Waals surface area contributed by atoms with Gasteiger partial charge in [-0.1, -0.05) is 65.7 Å². The number of halogens is 2. The molecule has 2 amide bonds. The molecule has 37 heavy (non-hydrogen) atoms. The third-order valence-electron chi connectivity index (χ3n) is 6.16. The Bertz CT molecular complexity index is 1280. The molecule has 9 heteroatoms. The number of hydrogen-bond acceptors (Lipinski definition) is 4. The minimum absolute atomic E-state index is 0.0356. The topological polar surface area (TPSA) is 87.1 Å². The molecule has 0 radical (unpaired) electrons. The van der Waals surface area contributed by atoms with Crippen LogP contribution < -0.4 is 0 Å². The number of carboxylic acids is 1. The second kappa shape index (κ2) is 11.5. The molecule has 0 bridgehead atoms. The van der Waals surface area contributed by atoms with Crippen LogP contribution in [0, 0.1) is 12.7 Å². The van der Waals surface area contributed by atoms with E-state index in [1.807, 2.05) is 31.2 Å². The Balaban J connectivity index is 1.70. The van der Waals surface area contributed by atoms with Crippen molar-refractivity contribution in [3.8, 4) is 0 Å². The number of nitrogens with zero attached hydrogens (tertiary/aromatic N) is 2. The van der Waals surface area contributed by atoms with E-state index in [9.17, 15) is 23.9 Å². The lowest BCUT2D eigenvalue weighted by atomic mass is 9.95. The molecule has 0 spiro atoms. The predicted octanol–water partition coefficient (Wildman–Crippen LogP) is 4.37.